The highest BCUT2D eigenvalue weighted by Gasteiger charge is 2.35. The minimum absolute atomic E-state index is 0.0207. The monoisotopic (exact) mass is 248 g/mol. The summed E-state index contributed by atoms with van der Waals surface area (Å²) in [6.07, 6.45) is 5.69. The van der Waals surface area contributed by atoms with Gasteiger partial charge in [-0.1, -0.05) is 33.6 Å². The molecule has 1 nitrogen and oxygen atoms in total. The van der Waals surface area contributed by atoms with Crippen LogP contribution < -0.4 is 0 Å². The number of ether oxygens (including phenoxy) is 1. The maximum absolute atomic E-state index is 5.95. The summed E-state index contributed by atoms with van der Waals surface area (Å²) in [6.45, 7) is 11.9. The van der Waals surface area contributed by atoms with Crippen molar-refractivity contribution in [3.63, 3.8) is 0 Å². The molecule has 0 spiro atoms. The fourth-order valence-corrected chi connectivity index (χ4v) is 2.96. The maximum Gasteiger partial charge on any atom is 0.0657 e. The van der Waals surface area contributed by atoms with E-state index in [0.29, 0.717) is 5.41 Å². The first-order valence-electron chi connectivity index (χ1n) is 6.71. The minimum Gasteiger partial charge on any atom is -0.376 e. The minimum atomic E-state index is 0.0207. The first-order chi connectivity index (χ1) is 7.51. The van der Waals surface area contributed by atoms with E-state index in [-0.39, 0.29) is 5.60 Å². The average Bonchev–Trinajstić information content (AvgIpc) is 2.29. The van der Waals surface area contributed by atoms with Crippen LogP contribution in [0.1, 0.15) is 66.7 Å². The van der Waals surface area contributed by atoms with Crippen LogP contribution in [-0.4, -0.2) is 18.1 Å². The number of halogens is 1. The summed E-state index contributed by atoms with van der Waals surface area (Å²) >= 11 is 5.95. The van der Waals surface area contributed by atoms with E-state index in [0.717, 1.165) is 31.7 Å². The Labute approximate surface area is 107 Å². The molecule has 0 aliphatic carbocycles. The van der Waals surface area contributed by atoms with E-state index in [4.69, 9.17) is 16.3 Å². The van der Waals surface area contributed by atoms with Crippen molar-refractivity contribution in [2.75, 3.05) is 12.5 Å². The Morgan fingerprint density at radius 2 is 1.56 bits per heavy atom. The molecule has 0 fully saturated rings. The zero-order valence-electron chi connectivity index (χ0n) is 11.7. The summed E-state index contributed by atoms with van der Waals surface area (Å²) in [7, 11) is 0. The molecule has 16 heavy (non-hydrogen) atoms. The lowest BCUT2D eigenvalue weighted by Gasteiger charge is -2.40. The fraction of sp³-hybridized carbons (Fsp3) is 1.00. The van der Waals surface area contributed by atoms with E-state index in [1.165, 1.54) is 12.8 Å². The van der Waals surface area contributed by atoms with Gasteiger partial charge in [0.1, 0.15) is 0 Å². The molecule has 0 aliphatic rings. The quantitative estimate of drug-likeness (QED) is 0.521. The lowest BCUT2D eigenvalue weighted by atomic mass is 9.71. The van der Waals surface area contributed by atoms with E-state index in [1.54, 1.807) is 0 Å². The second-order valence-corrected chi connectivity index (χ2v) is 5.44. The van der Waals surface area contributed by atoms with E-state index in [2.05, 4.69) is 34.6 Å². The summed E-state index contributed by atoms with van der Waals surface area (Å²) in [5, 5.41) is 0. The summed E-state index contributed by atoms with van der Waals surface area (Å²) < 4.78 is 5.94. The molecule has 1 atom stereocenters. The third-order valence-corrected chi connectivity index (χ3v) is 4.30. The molecular formula is C14H29ClO. The third kappa shape index (κ3) is 4.63. The highest BCUT2D eigenvalue weighted by Crippen LogP contribution is 2.41. The average molecular weight is 249 g/mol. The van der Waals surface area contributed by atoms with Gasteiger partial charge in [-0.15, -0.1) is 11.6 Å². The summed E-state index contributed by atoms with van der Waals surface area (Å²) in [4.78, 5) is 0. The molecule has 0 aromatic carbocycles. The second-order valence-electron chi connectivity index (χ2n) is 5.06. The van der Waals surface area contributed by atoms with Crippen LogP contribution >= 0.6 is 11.6 Å². The molecule has 0 heterocycles. The predicted molar refractivity (Wildman–Crippen MR) is 73.3 cm³/mol. The molecule has 1 unspecified atom stereocenters. The van der Waals surface area contributed by atoms with Crippen molar-refractivity contribution in [3.05, 3.63) is 0 Å². The van der Waals surface area contributed by atoms with E-state index >= 15 is 0 Å². The molecule has 0 aromatic rings. The van der Waals surface area contributed by atoms with Gasteiger partial charge in [-0.25, -0.2) is 0 Å². The topological polar surface area (TPSA) is 9.23 Å². The van der Waals surface area contributed by atoms with Crippen molar-refractivity contribution in [3.8, 4) is 0 Å². The zero-order chi connectivity index (χ0) is 12.7. The standard InChI is InChI=1S/C14H29ClO/c1-6-13(5,16-9-4)12-14(7-2,8-3)10-11-15/h6-12H2,1-5H3. The van der Waals surface area contributed by atoms with Crippen LogP contribution in [0.4, 0.5) is 0 Å². The molecule has 0 amide bonds. The second kappa shape index (κ2) is 7.55. The van der Waals surface area contributed by atoms with Gasteiger partial charge < -0.3 is 4.74 Å². The smallest absolute Gasteiger partial charge is 0.0657 e. The molecular weight excluding hydrogens is 220 g/mol. The van der Waals surface area contributed by atoms with Crippen molar-refractivity contribution < 1.29 is 4.74 Å². The molecule has 0 aromatic heterocycles. The Hall–Kier alpha value is 0.250. The van der Waals surface area contributed by atoms with Crippen molar-refractivity contribution in [2.45, 2.75) is 72.3 Å². The van der Waals surface area contributed by atoms with Crippen LogP contribution in [-0.2, 0) is 4.74 Å². The molecule has 0 saturated heterocycles. The van der Waals surface area contributed by atoms with E-state index < -0.39 is 0 Å². The first kappa shape index (κ1) is 16.2. The van der Waals surface area contributed by atoms with E-state index in [1.807, 2.05) is 0 Å². The summed E-state index contributed by atoms with van der Waals surface area (Å²) in [5.41, 5.74) is 0.383. The van der Waals surface area contributed by atoms with Gasteiger partial charge in [0, 0.05) is 12.5 Å². The largest absolute Gasteiger partial charge is 0.376 e. The van der Waals surface area contributed by atoms with Crippen molar-refractivity contribution in [1.82, 2.24) is 0 Å². The molecule has 0 radical (unpaired) electrons. The zero-order valence-corrected chi connectivity index (χ0v) is 12.5. The van der Waals surface area contributed by atoms with Crippen LogP contribution in [0.5, 0.6) is 0 Å². The molecule has 0 N–H and O–H groups in total. The van der Waals surface area contributed by atoms with Crippen LogP contribution in [0.15, 0.2) is 0 Å². The van der Waals surface area contributed by atoms with Crippen LogP contribution in [0.2, 0.25) is 0 Å². The van der Waals surface area contributed by atoms with Crippen LogP contribution in [0.3, 0.4) is 0 Å². The Morgan fingerprint density at radius 3 is 1.88 bits per heavy atom. The predicted octanol–water partition coefficient (Wildman–Crippen LogP) is 5.02. The Kier molecular flexibility index (Phi) is 7.67. The summed E-state index contributed by atoms with van der Waals surface area (Å²) in [5.74, 6) is 0.758. The number of hydrogen-bond acceptors (Lipinski definition) is 1. The van der Waals surface area contributed by atoms with Gasteiger partial charge in [0.2, 0.25) is 0 Å². The number of rotatable bonds is 9. The van der Waals surface area contributed by atoms with Crippen molar-refractivity contribution in [2.24, 2.45) is 5.41 Å². The van der Waals surface area contributed by atoms with Gasteiger partial charge in [-0.3, -0.25) is 0 Å². The highest BCUT2D eigenvalue weighted by molar-refractivity contribution is 6.17. The fourth-order valence-electron chi connectivity index (χ4n) is 2.56. The van der Waals surface area contributed by atoms with Gasteiger partial charge in [0.25, 0.3) is 0 Å². The third-order valence-electron chi connectivity index (χ3n) is 4.11. The van der Waals surface area contributed by atoms with Crippen molar-refractivity contribution >= 4 is 11.6 Å². The molecule has 0 aliphatic heterocycles. The SMILES string of the molecule is CCOC(C)(CC)CC(CC)(CC)CCCl. The highest BCUT2D eigenvalue weighted by atomic mass is 35.5. The van der Waals surface area contributed by atoms with Gasteiger partial charge in [-0.05, 0) is 38.5 Å². The van der Waals surface area contributed by atoms with Gasteiger partial charge >= 0.3 is 0 Å². The van der Waals surface area contributed by atoms with Gasteiger partial charge in [-0.2, -0.15) is 0 Å². The Morgan fingerprint density at radius 1 is 1.00 bits per heavy atom. The molecule has 0 rings (SSSR count). The van der Waals surface area contributed by atoms with Crippen LogP contribution in [0.25, 0.3) is 0 Å². The van der Waals surface area contributed by atoms with E-state index in [9.17, 15) is 0 Å². The number of hydrogen-bond donors (Lipinski definition) is 0. The van der Waals surface area contributed by atoms with Gasteiger partial charge in [0.05, 0.1) is 5.60 Å². The molecule has 0 bridgehead atoms. The lowest BCUT2D eigenvalue weighted by Crippen LogP contribution is -2.36. The first-order valence-corrected chi connectivity index (χ1v) is 7.24. The van der Waals surface area contributed by atoms with Gasteiger partial charge in [0.15, 0.2) is 0 Å². The Bertz CT molecular complexity index is 178. The normalized spacial score (nSPS) is 16.1. The van der Waals surface area contributed by atoms with Crippen LogP contribution in [0, 0.1) is 5.41 Å². The molecule has 98 valence electrons. The number of alkyl halides is 1. The maximum atomic E-state index is 5.95. The molecule has 0 saturated carbocycles. The molecule has 2 heteroatoms. The summed E-state index contributed by atoms with van der Waals surface area (Å²) in [6, 6.07) is 0. The Balaban J connectivity index is 4.68. The van der Waals surface area contributed by atoms with Crippen molar-refractivity contribution in [1.29, 1.82) is 0 Å². The lowest BCUT2D eigenvalue weighted by molar-refractivity contribution is -0.0643.